The second-order valence-corrected chi connectivity index (χ2v) is 31.0. The number of piperidine rings is 1. The van der Waals surface area contributed by atoms with E-state index in [0.29, 0.717) is 82.2 Å². The molecule has 2 aliphatic heterocycles. The minimum atomic E-state index is -4.01. The van der Waals surface area contributed by atoms with Crippen LogP contribution >= 0.6 is 0 Å². The summed E-state index contributed by atoms with van der Waals surface area (Å²) in [6.07, 6.45) is 26.2. The number of aromatic nitrogens is 3. The summed E-state index contributed by atoms with van der Waals surface area (Å²) in [5, 5.41) is 14.8. The minimum Gasteiger partial charge on any atom is -0.410 e. The van der Waals surface area contributed by atoms with Gasteiger partial charge in [-0.1, -0.05) is 159 Å². The zero-order valence-corrected chi connectivity index (χ0v) is 61.8. The SMILES string of the molecule is CCCC(CC)CN(C)[C@H](C(=O)N[C@H](C(=O)N(C)[C@@H]([C@@H](C)CC)[C@@H](CC(=O)N1CCC[C@H]1[C@H](OC)[C@@H](C)C(=O)N[C@@H](Cc1ccc(OC(=O)N2CCC(Cn3nnc4c3CC(CCCN)/C3=C/C=C\C=C/C=C\C=C(/C3)C4)CC2)cc1)C(=O)NS(=O)(=O)C1CC1)OC)C(C)C)C(C)C. The van der Waals surface area contributed by atoms with Crippen molar-refractivity contribution in [1.82, 2.24) is 49.9 Å². The summed E-state index contributed by atoms with van der Waals surface area (Å²) in [6, 6.07) is 2.83. The summed E-state index contributed by atoms with van der Waals surface area (Å²) in [6.45, 7) is 21.4. The predicted octanol–water partition coefficient (Wildman–Crippen LogP) is 9.05. The summed E-state index contributed by atoms with van der Waals surface area (Å²) in [7, 11) is 2.71. The first kappa shape index (κ1) is 78.8. The minimum absolute atomic E-state index is 0.0100. The monoisotopic (exact) mass is 1380 g/mol. The molecule has 1 saturated carbocycles. The van der Waals surface area contributed by atoms with Crippen LogP contribution in [-0.2, 0) is 69.3 Å². The number of likely N-dealkylation sites (N-methyl/N-ethyl adjacent to an activating group) is 2. The molecule has 1 aromatic carbocycles. The number of methoxy groups -OCH3 is 2. The third-order valence-corrected chi connectivity index (χ3v) is 22.9. The number of rotatable bonds is 34. The number of carbonyl (C=O) groups is 6. The molecule has 11 atom stereocenters. The number of nitrogens with zero attached hydrogens (tertiary/aromatic N) is 7. The van der Waals surface area contributed by atoms with E-state index >= 15 is 0 Å². The van der Waals surface area contributed by atoms with Crippen molar-refractivity contribution in [2.75, 3.05) is 61.0 Å². The van der Waals surface area contributed by atoms with Crippen molar-refractivity contribution in [3.05, 3.63) is 101 Å². The van der Waals surface area contributed by atoms with Crippen LogP contribution in [0.25, 0.3) is 0 Å². The number of allylic oxidation sites excluding steroid dienone is 10. The van der Waals surface area contributed by atoms with Gasteiger partial charge in [0.05, 0.1) is 59.3 Å². The lowest BCUT2D eigenvalue weighted by Crippen LogP contribution is -2.60. The van der Waals surface area contributed by atoms with Gasteiger partial charge in [-0.3, -0.25) is 33.6 Å². The van der Waals surface area contributed by atoms with Crippen molar-refractivity contribution in [2.45, 2.75) is 226 Å². The summed E-state index contributed by atoms with van der Waals surface area (Å²) in [5.41, 5.74) is 11.5. The van der Waals surface area contributed by atoms with Crippen molar-refractivity contribution >= 4 is 45.7 Å². The van der Waals surface area contributed by atoms with E-state index in [0.717, 1.165) is 82.1 Å². The molecule has 544 valence electrons. The van der Waals surface area contributed by atoms with E-state index in [9.17, 15) is 37.2 Å². The Labute approximate surface area is 584 Å². The fourth-order valence-electron chi connectivity index (χ4n) is 15.0. The van der Waals surface area contributed by atoms with Gasteiger partial charge in [0.2, 0.25) is 33.7 Å². The number of sulfonamides is 1. The van der Waals surface area contributed by atoms with Crippen LogP contribution in [0.2, 0.25) is 0 Å². The maximum Gasteiger partial charge on any atom is 0.415 e. The summed E-state index contributed by atoms with van der Waals surface area (Å²) in [5.74, 6) is -2.22. The third kappa shape index (κ3) is 21.5. The van der Waals surface area contributed by atoms with Crippen LogP contribution in [0.5, 0.6) is 5.75 Å². The Morgan fingerprint density at radius 3 is 2.08 bits per heavy atom. The molecule has 2 unspecified atom stereocenters. The van der Waals surface area contributed by atoms with Gasteiger partial charge in [-0.25, -0.2) is 17.9 Å². The van der Waals surface area contributed by atoms with E-state index in [1.165, 1.54) is 25.4 Å². The first-order valence-electron chi connectivity index (χ1n) is 36.4. The fraction of sp³-hybridized carbons (Fsp3) is 0.680. The third-order valence-electron chi connectivity index (χ3n) is 21.1. The molecule has 7 rings (SSSR count). The van der Waals surface area contributed by atoms with Crippen LogP contribution in [0.1, 0.15) is 169 Å². The zero-order chi connectivity index (χ0) is 71.4. The highest BCUT2D eigenvalue weighted by atomic mass is 32.2. The second kappa shape index (κ2) is 37.8. The van der Waals surface area contributed by atoms with E-state index < -0.39 is 81.5 Å². The molecule has 6 amide bonds. The van der Waals surface area contributed by atoms with Crippen LogP contribution in [0.3, 0.4) is 0 Å². The van der Waals surface area contributed by atoms with Crippen molar-refractivity contribution < 1.29 is 51.4 Å². The predicted molar refractivity (Wildman–Crippen MR) is 383 cm³/mol. The van der Waals surface area contributed by atoms with E-state index in [4.69, 9.17) is 30.3 Å². The van der Waals surface area contributed by atoms with E-state index in [2.05, 4.69) is 69.2 Å². The first-order valence-corrected chi connectivity index (χ1v) is 37.9. The molecule has 23 heteroatoms. The quantitative estimate of drug-likeness (QED) is 0.0509. The highest BCUT2D eigenvalue weighted by molar-refractivity contribution is 7.90. The molecule has 5 N–H and O–H groups in total. The lowest BCUT2D eigenvalue weighted by Gasteiger charge is -2.41. The lowest BCUT2D eigenvalue weighted by molar-refractivity contribution is -0.148. The fourth-order valence-corrected chi connectivity index (χ4v) is 16.3. The summed E-state index contributed by atoms with van der Waals surface area (Å²) in [4.78, 5) is 93.4. The molecule has 2 bridgehead atoms. The van der Waals surface area contributed by atoms with Crippen LogP contribution in [0, 0.1) is 41.4 Å². The summed E-state index contributed by atoms with van der Waals surface area (Å²) >= 11 is 0. The van der Waals surface area contributed by atoms with Crippen molar-refractivity contribution in [2.24, 2.45) is 47.2 Å². The lowest BCUT2D eigenvalue weighted by atomic mass is 9.81. The molecule has 3 heterocycles. The smallest absolute Gasteiger partial charge is 0.410 e. The maximum atomic E-state index is 14.8. The van der Waals surface area contributed by atoms with Gasteiger partial charge in [0.1, 0.15) is 17.8 Å². The molecule has 22 nitrogen and oxygen atoms in total. The van der Waals surface area contributed by atoms with Gasteiger partial charge in [0.15, 0.2) is 0 Å². The number of nitrogens with one attached hydrogen (secondary N) is 3. The molecule has 3 fully saturated rings. The topological polar surface area (TPSA) is 270 Å². The van der Waals surface area contributed by atoms with Gasteiger partial charge >= 0.3 is 6.09 Å². The van der Waals surface area contributed by atoms with Crippen molar-refractivity contribution in [1.29, 1.82) is 0 Å². The molecule has 0 spiro atoms. The Morgan fingerprint density at radius 1 is 0.786 bits per heavy atom. The van der Waals surface area contributed by atoms with E-state index in [1.54, 1.807) is 52.9 Å². The Morgan fingerprint density at radius 2 is 1.47 bits per heavy atom. The molecule has 1 aromatic heterocycles. The second-order valence-electron chi connectivity index (χ2n) is 29.0. The normalized spacial score (nSPS) is 22.5. The number of amides is 6. The van der Waals surface area contributed by atoms with Crippen LogP contribution in [0.15, 0.2) is 84.0 Å². The molecule has 0 radical (unpaired) electrons. The van der Waals surface area contributed by atoms with Crippen molar-refractivity contribution in [3.63, 3.8) is 0 Å². The average molecular weight is 1380 g/mol. The number of likely N-dealkylation sites (tertiary alicyclic amines) is 2. The number of ether oxygens (including phenoxy) is 3. The van der Waals surface area contributed by atoms with Gasteiger partial charge in [-0.2, -0.15) is 0 Å². The van der Waals surface area contributed by atoms with Gasteiger partial charge in [0.25, 0.3) is 5.91 Å². The first-order chi connectivity index (χ1) is 46.9. The molecule has 2 saturated heterocycles. The summed E-state index contributed by atoms with van der Waals surface area (Å²) < 4.78 is 48.9. The van der Waals surface area contributed by atoms with Crippen LogP contribution in [0.4, 0.5) is 4.79 Å². The van der Waals surface area contributed by atoms with Gasteiger partial charge < -0.3 is 45.3 Å². The van der Waals surface area contributed by atoms with Gasteiger partial charge in [-0.15, -0.1) is 5.10 Å². The van der Waals surface area contributed by atoms with Crippen LogP contribution in [-0.4, -0.2) is 187 Å². The van der Waals surface area contributed by atoms with Crippen LogP contribution < -0.4 is 25.8 Å². The number of fused-ring (bicyclic) bond motifs is 3. The number of hydrogen-bond acceptors (Lipinski definition) is 15. The van der Waals surface area contributed by atoms with E-state index in [1.807, 2.05) is 66.8 Å². The van der Waals surface area contributed by atoms with Gasteiger partial charge in [-0.05, 0) is 137 Å². The standard InChI is InChI=1S/C75H117N11O11S/c1-14-25-53(16-3)47-82(10)68(50(6)7)73(90)78-67(49(4)5)74(91)83(11)69(51(8)15-2)65(95-12)46-66(87)85-39-24-29-63(85)70(96-13)52(9)71(88)77-62(72(89)80-98(93,94)60-34-35-60)43-54-30-32-59(33-31-54)97-75(92)84-40-36-55(37-41-84)48-86-64-45-58(28-23-38-76)57-27-22-20-18-17-19-21-26-56(42-57)44-61(64)79-81-86/h17-22,26-27,30-33,49-53,55,58,60,62-63,65,67-70H,14-16,23-25,28-29,34-48,76H2,1-13H3,(H,77,88)(H,78,90)(H,80,89)/b18-17-,21-19-,22-20-,56-26+,57-27+/t51-,52+,53?,58?,62-,63-,65+,67-,68-,69-,70+/m0/s1. The molecule has 5 aliphatic rings. The highest BCUT2D eigenvalue weighted by Gasteiger charge is 2.45. The van der Waals surface area contributed by atoms with Crippen molar-refractivity contribution in [3.8, 4) is 5.75 Å². The molecule has 2 aromatic rings. The molecular weight excluding hydrogens is 1260 g/mol. The Bertz CT molecular complexity index is 3240. The molecule has 3 aliphatic carbocycles. The largest absolute Gasteiger partial charge is 0.415 e. The number of benzene rings is 1. The Hall–Kier alpha value is -6.53. The Kier molecular flexibility index (Phi) is 30.4. The average Bonchev–Trinajstić information content (AvgIpc) is 1.42. The molecule has 98 heavy (non-hydrogen) atoms. The molecular formula is C75H117N11O11S. The zero-order valence-electron chi connectivity index (χ0n) is 61.0. The highest BCUT2D eigenvalue weighted by Crippen LogP contribution is 2.36. The Balaban J connectivity index is 0.973. The number of hydrogen-bond donors (Lipinski definition) is 4. The maximum absolute atomic E-state index is 14.8. The van der Waals surface area contributed by atoms with E-state index in [-0.39, 0.29) is 60.0 Å². The van der Waals surface area contributed by atoms with Gasteiger partial charge in [0, 0.05) is 66.8 Å². The number of carbonyl (C=O) groups excluding carboxylic acids is 6. The number of nitrogens with two attached hydrogens (primary N) is 1.